The predicted molar refractivity (Wildman–Crippen MR) is 54.7 cm³/mol. The monoisotopic (exact) mass is 205 g/mol. The highest BCUT2D eigenvalue weighted by Gasteiger charge is 2.00. The molecular weight excluding hydrogens is 194 g/mol. The number of aromatic nitrogens is 3. The second kappa shape index (κ2) is 4.07. The Morgan fingerprint density at radius 1 is 1.33 bits per heavy atom. The van der Waals surface area contributed by atoms with Gasteiger partial charge in [-0.15, -0.1) is 5.10 Å². The molecule has 2 heterocycles. The van der Waals surface area contributed by atoms with Crippen LogP contribution in [0, 0.1) is 0 Å². The van der Waals surface area contributed by atoms with E-state index in [0.717, 1.165) is 5.56 Å². The van der Waals surface area contributed by atoms with Gasteiger partial charge in [-0.3, -0.25) is 4.84 Å². The zero-order valence-electron chi connectivity index (χ0n) is 8.00. The fraction of sp³-hybridized carbons (Fsp3) is 0.111. The smallest absolute Gasteiger partial charge is 0.153 e. The molecule has 0 atom stereocenters. The number of pyridine rings is 1. The lowest BCUT2D eigenvalue weighted by Gasteiger charge is -2.01. The van der Waals surface area contributed by atoms with Crippen molar-refractivity contribution in [2.75, 3.05) is 5.73 Å². The van der Waals surface area contributed by atoms with E-state index in [2.05, 4.69) is 14.9 Å². The van der Waals surface area contributed by atoms with Crippen molar-refractivity contribution in [2.24, 2.45) is 5.90 Å². The number of nitrogens with zero attached hydrogens (tertiary/aromatic N) is 3. The van der Waals surface area contributed by atoms with E-state index in [4.69, 9.17) is 11.6 Å². The summed E-state index contributed by atoms with van der Waals surface area (Å²) in [7, 11) is 0. The maximum Gasteiger partial charge on any atom is 0.153 e. The van der Waals surface area contributed by atoms with E-state index in [1.807, 2.05) is 12.1 Å². The Hall–Kier alpha value is -1.92. The average molecular weight is 205 g/mol. The van der Waals surface area contributed by atoms with Gasteiger partial charge in [-0.05, 0) is 11.6 Å². The molecule has 78 valence electrons. The van der Waals surface area contributed by atoms with Crippen LogP contribution in [0.1, 0.15) is 5.56 Å². The van der Waals surface area contributed by atoms with Crippen LogP contribution in [0.3, 0.4) is 0 Å². The first kappa shape index (κ1) is 9.63. The molecular formula is C9H11N5O. The summed E-state index contributed by atoms with van der Waals surface area (Å²) in [4.78, 5) is 8.69. The third-order valence-corrected chi connectivity index (χ3v) is 1.90. The molecule has 2 rings (SSSR count). The highest BCUT2D eigenvalue weighted by molar-refractivity contribution is 5.30. The molecule has 0 aromatic carbocycles. The summed E-state index contributed by atoms with van der Waals surface area (Å²) in [5, 5.41) is 4.03. The molecule has 0 unspecified atom stereocenters. The van der Waals surface area contributed by atoms with Crippen molar-refractivity contribution in [3.63, 3.8) is 0 Å². The number of rotatable bonds is 3. The van der Waals surface area contributed by atoms with Gasteiger partial charge in [0.25, 0.3) is 0 Å². The maximum absolute atomic E-state index is 5.50. The first-order valence-corrected chi connectivity index (χ1v) is 4.38. The van der Waals surface area contributed by atoms with E-state index in [9.17, 15) is 0 Å². The van der Waals surface area contributed by atoms with Gasteiger partial charge in [0.05, 0.1) is 6.61 Å². The van der Waals surface area contributed by atoms with Crippen molar-refractivity contribution in [3.05, 3.63) is 36.2 Å². The Bertz CT molecular complexity index is 436. The molecule has 4 N–H and O–H groups in total. The molecule has 2 aromatic rings. The van der Waals surface area contributed by atoms with Crippen LogP contribution in [0.2, 0.25) is 0 Å². The minimum Gasteiger partial charge on any atom is -0.382 e. The Labute approximate surface area is 86.4 Å². The highest BCUT2D eigenvalue weighted by Crippen LogP contribution is 2.07. The summed E-state index contributed by atoms with van der Waals surface area (Å²) in [5.74, 6) is 6.12. The van der Waals surface area contributed by atoms with Crippen LogP contribution < -0.4 is 11.6 Å². The number of hydrogen-bond acceptors (Lipinski definition) is 5. The molecule has 0 saturated carbocycles. The molecule has 2 aromatic heterocycles. The molecule has 0 aliphatic heterocycles. The van der Waals surface area contributed by atoms with Crippen molar-refractivity contribution >= 4 is 5.82 Å². The summed E-state index contributed by atoms with van der Waals surface area (Å²) in [5.41, 5.74) is 6.40. The Morgan fingerprint density at radius 2 is 2.20 bits per heavy atom. The van der Waals surface area contributed by atoms with Crippen LogP contribution in [0.25, 0.3) is 5.82 Å². The van der Waals surface area contributed by atoms with Crippen molar-refractivity contribution in [3.8, 4) is 5.82 Å². The average Bonchev–Trinajstić information content (AvgIpc) is 2.67. The van der Waals surface area contributed by atoms with Crippen molar-refractivity contribution in [1.82, 2.24) is 14.8 Å². The summed E-state index contributed by atoms with van der Waals surface area (Å²) >= 11 is 0. The molecule has 0 bridgehead atoms. The Kier molecular flexibility index (Phi) is 2.61. The SMILES string of the molecule is NOCc1ccc(-n2ccc(N)n2)nc1. The largest absolute Gasteiger partial charge is 0.382 e. The molecule has 0 spiro atoms. The molecule has 0 amide bonds. The quantitative estimate of drug-likeness (QED) is 0.700. The summed E-state index contributed by atoms with van der Waals surface area (Å²) in [6.45, 7) is 0.342. The minimum absolute atomic E-state index is 0.342. The zero-order valence-corrected chi connectivity index (χ0v) is 8.00. The van der Waals surface area contributed by atoms with E-state index in [0.29, 0.717) is 18.2 Å². The lowest BCUT2D eigenvalue weighted by Crippen LogP contribution is -2.02. The van der Waals surface area contributed by atoms with Gasteiger partial charge in [0.1, 0.15) is 5.82 Å². The van der Waals surface area contributed by atoms with Crippen LogP contribution in [0.4, 0.5) is 5.82 Å². The molecule has 0 aliphatic carbocycles. The van der Waals surface area contributed by atoms with E-state index in [1.165, 1.54) is 0 Å². The van der Waals surface area contributed by atoms with Gasteiger partial charge >= 0.3 is 0 Å². The van der Waals surface area contributed by atoms with Crippen molar-refractivity contribution in [2.45, 2.75) is 6.61 Å². The van der Waals surface area contributed by atoms with Crippen molar-refractivity contribution < 1.29 is 4.84 Å². The van der Waals surface area contributed by atoms with Gasteiger partial charge in [-0.25, -0.2) is 15.6 Å². The number of anilines is 1. The number of nitrogen functional groups attached to an aromatic ring is 1. The number of hydrogen-bond donors (Lipinski definition) is 2. The van der Waals surface area contributed by atoms with Crippen LogP contribution in [0.5, 0.6) is 0 Å². The van der Waals surface area contributed by atoms with Crippen LogP contribution in [0.15, 0.2) is 30.6 Å². The first-order chi connectivity index (χ1) is 7.29. The van der Waals surface area contributed by atoms with Gasteiger partial charge in [-0.1, -0.05) is 6.07 Å². The molecule has 0 fully saturated rings. The van der Waals surface area contributed by atoms with E-state index in [1.54, 1.807) is 23.1 Å². The predicted octanol–water partition coefficient (Wildman–Crippen LogP) is 0.240. The lowest BCUT2D eigenvalue weighted by atomic mass is 10.3. The van der Waals surface area contributed by atoms with Crippen LogP contribution in [-0.2, 0) is 11.4 Å². The molecule has 0 aliphatic rings. The van der Waals surface area contributed by atoms with Crippen LogP contribution in [-0.4, -0.2) is 14.8 Å². The summed E-state index contributed by atoms with van der Waals surface area (Å²) in [6, 6.07) is 5.40. The number of nitrogens with two attached hydrogens (primary N) is 2. The minimum atomic E-state index is 0.342. The third kappa shape index (κ3) is 2.12. The molecule has 0 saturated heterocycles. The van der Waals surface area contributed by atoms with Crippen LogP contribution >= 0.6 is 0 Å². The second-order valence-electron chi connectivity index (χ2n) is 3.02. The Balaban J connectivity index is 2.23. The first-order valence-electron chi connectivity index (χ1n) is 4.38. The van der Waals surface area contributed by atoms with Gasteiger partial charge in [0.2, 0.25) is 0 Å². The van der Waals surface area contributed by atoms with Gasteiger partial charge in [0, 0.05) is 18.5 Å². The van der Waals surface area contributed by atoms with Crippen molar-refractivity contribution in [1.29, 1.82) is 0 Å². The van der Waals surface area contributed by atoms with E-state index < -0.39 is 0 Å². The Morgan fingerprint density at radius 3 is 2.73 bits per heavy atom. The van der Waals surface area contributed by atoms with Gasteiger partial charge in [0.15, 0.2) is 5.82 Å². The van der Waals surface area contributed by atoms with Gasteiger partial charge < -0.3 is 5.73 Å². The molecule has 0 radical (unpaired) electrons. The standard InChI is InChI=1S/C9H11N5O/c10-8-3-4-14(13-8)9-2-1-7(5-12-9)6-15-11/h1-5H,6,11H2,(H2,10,13). The molecule has 6 nitrogen and oxygen atoms in total. The maximum atomic E-state index is 5.50. The third-order valence-electron chi connectivity index (χ3n) is 1.90. The lowest BCUT2D eigenvalue weighted by molar-refractivity contribution is 0.124. The topological polar surface area (TPSA) is 92.0 Å². The fourth-order valence-corrected chi connectivity index (χ4v) is 1.20. The summed E-state index contributed by atoms with van der Waals surface area (Å²) < 4.78 is 1.60. The zero-order chi connectivity index (χ0) is 10.7. The molecule has 15 heavy (non-hydrogen) atoms. The highest BCUT2D eigenvalue weighted by atomic mass is 16.6. The van der Waals surface area contributed by atoms with Gasteiger partial charge in [-0.2, -0.15) is 0 Å². The van der Waals surface area contributed by atoms with E-state index in [-0.39, 0.29) is 0 Å². The molecule has 6 heteroatoms. The van der Waals surface area contributed by atoms with E-state index >= 15 is 0 Å². The summed E-state index contributed by atoms with van der Waals surface area (Å²) in [6.07, 6.45) is 3.43. The second-order valence-corrected chi connectivity index (χ2v) is 3.02. The normalized spacial score (nSPS) is 10.5. The fourth-order valence-electron chi connectivity index (χ4n) is 1.20.